The Morgan fingerprint density at radius 3 is 2.86 bits per heavy atom. The van der Waals surface area contributed by atoms with Crippen molar-refractivity contribution in [3.8, 4) is 0 Å². The Bertz CT molecular complexity index is 425. The van der Waals surface area contributed by atoms with E-state index in [4.69, 9.17) is 4.74 Å². The predicted molar refractivity (Wildman–Crippen MR) is 73.8 cm³/mol. The number of halogens is 3. The molecule has 0 spiro atoms. The van der Waals surface area contributed by atoms with Crippen LogP contribution in [0.15, 0.2) is 24.4 Å². The van der Waals surface area contributed by atoms with Gasteiger partial charge in [-0.05, 0) is 44.7 Å². The number of rotatable bonds is 5. The summed E-state index contributed by atoms with van der Waals surface area (Å²) in [5.41, 5.74) is 0.941. The standard InChI is InChI=1S/C15H21F3N2O/c1-11(14-7-2-3-8-19-14)20-12-5-4-6-13(9-12)21-10-15(16,17)18/h2-3,7-8,11-13,20H,4-6,9-10H2,1H3. The molecule has 2 rings (SSSR count). The van der Waals surface area contributed by atoms with Gasteiger partial charge in [0.15, 0.2) is 0 Å². The van der Waals surface area contributed by atoms with Crippen LogP contribution in [-0.4, -0.2) is 29.9 Å². The van der Waals surface area contributed by atoms with Crippen molar-refractivity contribution in [1.82, 2.24) is 10.3 Å². The number of aromatic nitrogens is 1. The van der Waals surface area contributed by atoms with Gasteiger partial charge in [-0.2, -0.15) is 13.2 Å². The van der Waals surface area contributed by atoms with E-state index < -0.39 is 12.8 Å². The molecule has 118 valence electrons. The number of nitrogens with one attached hydrogen (secondary N) is 1. The first-order chi connectivity index (χ1) is 9.94. The van der Waals surface area contributed by atoms with E-state index in [9.17, 15) is 13.2 Å². The summed E-state index contributed by atoms with van der Waals surface area (Å²) in [5, 5.41) is 3.44. The second-order valence-electron chi connectivity index (χ2n) is 5.55. The molecule has 21 heavy (non-hydrogen) atoms. The van der Waals surface area contributed by atoms with Crippen LogP contribution >= 0.6 is 0 Å². The maximum absolute atomic E-state index is 12.2. The lowest BCUT2D eigenvalue weighted by molar-refractivity contribution is -0.188. The van der Waals surface area contributed by atoms with Gasteiger partial charge in [0.1, 0.15) is 6.61 Å². The van der Waals surface area contributed by atoms with Crippen LogP contribution in [0.2, 0.25) is 0 Å². The zero-order chi connectivity index (χ0) is 15.3. The maximum atomic E-state index is 12.2. The third kappa shape index (κ3) is 5.63. The molecule has 1 saturated carbocycles. The van der Waals surface area contributed by atoms with Crippen molar-refractivity contribution in [2.24, 2.45) is 0 Å². The molecule has 1 aromatic rings. The number of ether oxygens (including phenoxy) is 1. The molecule has 0 amide bonds. The van der Waals surface area contributed by atoms with Gasteiger partial charge >= 0.3 is 6.18 Å². The molecule has 6 heteroatoms. The Labute approximate surface area is 122 Å². The average Bonchev–Trinajstić information content (AvgIpc) is 2.46. The van der Waals surface area contributed by atoms with Gasteiger partial charge in [0.05, 0.1) is 11.8 Å². The molecule has 0 radical (unpaired) electrons. The first-order valence-electron chi connectivity index (χ1n) is 7.29. The lowest BCUT2D eigenvalue weighted by Crippen LogP contribution is -2.39. The van der Waals surface area contributed by atoms with Gasteiger partial charge in [-0.15, -0.1) is 0 Å². The first-order valence-corrected chi connectivity index (χ1v) is 7.29. The van der Waals surface area contributed by atoms with E-state index in [2.05, 4.69) is 10.3 Å². The topological polar surface area (TPSA) is 34.1 Å². The van der Waals surface area contributed by atoms with Crippen molar-refractivity contribution in [2.75, 3.05) is 6.61 Å². The van der Waals surface area contributed by atoms with Crippen molar-refractivity contribution in [2.45, 2.75) is 57.0 Å². The normalized spacial score (nSPS) is 24.8. The van der Waals surface area contributed by atoms with Crippen molar-refractivity contribution >= 4 is 0 Å². The Kier molecular flexibility index (Phi) is 5.58. The van der Waals surface area contributed by atoms with Crippen LogP contribution in [0.3, 0.4) is 0 Å². The zero-order valence-corrected chi connectivity index (χ0v) is 12.1. The van der Waals surface area contributed by atoms with E-state index in [0.717, 1.165) is 18.5 Å². The van der Waals surface area contributed by atoms with Gasteiger partial charge in [0, 0.05) is 18.3 Å². The molecule has 1 aliphatic carbocycles. The molecule has 3 atom stereocenters. The third-order valence-electron chi connectivity index (χ3n) is 3.73. The lowest BCUT2D eigenvalue weighted by Gasteiger charge is -2.32. The average molecular weight is 302 g/mol. The molecule has 1 aliphatic rings. The van der Waals surface area contributed by atoms with Crippen LogP contribution < -0.4 is 5.32 Å². The van der Waals surface area contributed by atoms with Crippen LogP contribution in [0.25, 0.3) is 0 Å². The molecule has 0 aliphatic heterocycles. The van der Waals surface area contributed by atoms with E-state index in [1.165, 1.54) is 0 Å². The van der Waals surface area contributed by atoms with Crippen LogP contribution in [-0.2, 0) is 4.74 Å². The van der Waals surface area contributed by atoms with Gasteiger partial charge in [-0.1, -0.05) is 6.07 Å². The number of nitrogens with zero attached hydrogens (tertiary/aromatic N) is 1. The summed E-state index contributed by atoms with van der Waals surface area (Å²) in [5.74, 6) is 0. The van der Waals surface area contributed by atoms with Gasteiger partial charge in [0.25, 0.3) is 0 Å². The highest BCUT2D eigenvalue weighted by molar-refractivity contribution is 5.08. The van der Waals surface area contributed by atoms with Crippen LogP contribution in [0.5, 0.6) is 0 Å². The van der Waals surface area contributed by atoms with E-state index in [0.29, 0.717) is 12.8 Å². The van der Waals surface area contributed by atoms with Crippen LogP contribution in [0, 0.1) is 0 Å². The Hall–Kier alpha value is -1.14. The predicted octanol–water partition coefficient (Wildman–Crippen LogP) is 3.62. The Balaban J connectivity index is 1.81. The maximum Gasteiger partial charge on any atom is 0.411 e. The summed E-state index contributed by atoms with van der Waals surface area (Å²) in [4.78, 5) is 4.29. The van der Waals surface area contributed by atoms with Crippen LogP contribution in [0.1, 0.15) is 44.3 Å². The smallest absolute Gasteiger partial charge is 0.369 e. The van der Waals surface area contributed by atoms with Gasteiger partial charge in [-0.3, -0.25) is 4.98 Å². The highest BCUT2D eigenvalue weighted by Crippen LogP contribution is 2.25. The van der Waals surface area contributed by atoms with Crippen molar-refractivity contribution in [1.29, 1.82) is 0 Å². The van der Waals surface area contributed by atoms with E-state index in [1.807, 2.05) is 25.1 Å². The zero-order valence-electron chi connectivity index (χ0n) is 12.1. The Morgan fingerprint density at radius 2 is 2.19 bits per heavy atom. The summed E-state index contributed by atoms with van der Waals surface area (Å²) in [6.07, 6.45) is 0.344. The fourth-order valence-corrected chi connectivity index (χ4v) is 2.73. The highest BCUT2D eigenvalue weighted by atomic mass is 19.4. The fraction of sp³-hybridized carbons (Fsp3) is 0.667. The third-order valence-corrected chi connectivity index (χ3v) is 3.73. The fourth-order valence-electron chi connectivity index (χ4n) is 2.73. The summed E-state index contributed by atoms with van der Waals surface area (Å²) >= 11 is 0. The summed E-state index contributed by atoms with van der Waals surface area (Å²) in [6, 6.07) is 5.98. The van der Waals surface area contributed by atoms with Crippen molar-refractivity contribution in [3.63, 3.8) is 0 Å². The minimum absolute atomic E-state index is 0.0811. The molecule has 0 saturated heterocycles. The second kappa shape index (κ2) is 7.22. The first kappa shape index (κ1) is 16.2. The lowest BCUT2D eigenvalue weighted by atomic mass is 9.92. The van der Waals surface area contributed by atoms with Crippen LogP contribution in [0.4, 0.5) is 13.2 Å². The number of alkyl halides is 3. The molecule has 3 nitrogen and oxygen atoms in total. The van der Waals surface area contributed by atoms with Crippen molar-refractivity contribution in [3.05, 3.63) is 30.1 Å². The van der Waals surface area contributed by atoms with Gasteiger partial charge < -0.3 is 10.1 Å². The van der Waals surface area contributed by atoms with E-state index >= 15 is 0 Å². The molecule has 1 fully saturated rings. The molecule has 1 heterocycles. The van der Waals surface area contributed by atoms with Crippen molar-refractivity contribution < 1.29 is 17.9 Å². The number of pyridine rings is 1. The quantitative estimate of drug-likeness (QED) is 0.902. The molecule has 0 aromatic carbocycles. The number of hydrogen-bond donors (Lipinski definition) is 1. The molecular formula is C15H21F3N2O. The summed E-state index contributed by atoms with van der Waals surface area (Å²) < 4.78 is 41.6. The van der Waals surface area contributed by atoms with E-state index in [-0.39, 0.29) is 18.2 Å². The highest BCUT2D eigenvalue weighted by Gasteiger charge is 2.31. The molecular weight excluding hydrogens is 281 g/mol. The Morgan fingerprint density at radius 1 is 1.38 bits per heavy atom. The van der Waals surface area contributed by atoms with E-state index in [1.54, 1.807) is 6.20 Å². The molecule has 3 unspecified atom stereocenters. The molecule has 1 N–H and O–H groups in total. The second-order valence-corrected chi connectivity index (χ2v) is 5.55. The largest absolute Gasteiger partial charge is 0.411 e. The summed E-state index contributed by atoms with van der Waals surface area (Å²) in [7, 11) is 0. The monoisotopic (exact) mass is 302 g/mol. The van der Waals surface area contributed by atoms with Gasteiger partial charge in [-0.25, -0.2) is 0 Å². The number of hydrogen-bond acceptors (Lipinski definition) is 3. The minimum atomic E-state index is -4.25. The molecule has 1 aromatic heterocycles. The summed E-state index contributed by atoms with van der Waals surface area (Å²) in [6.45, 7) is 0.864. The minimum Gasteiger partial charge on any atom is -0.369 e. The molecule has 0 bridgehead atoms. The van der Waals surface area contributed by atoms with Gasteiger partial charge in [0.2, 0.25) is 0 Å². The SMILES string of the molecule is CC(NC1CCCC(OCC(F)(F)F)C1)c1ccccn1.